The maximum absolute atomic E-state index is 16.5. The number of amides is 1. The maximum Gasteiger partial charge on any atom is 0.338 e. The van der Waals surface area contributed by atoms with E-state index in [0.717, 1.165) is 0 Å². The fourth-order valence-electron chi connectivity index (χ4n) is 9.32. The van der Waals surface area contributed by atoms with E-state index in [1.165, 1.54) is 19.1 Å². The zero-order valence-corrected chi connectivity index (χ0v) is 36.4. The van der Waals surface area contributed by atoms with Gasteiger partial charge >= 0.3 is 11.9 Å². The molecule has 3 aliphatic carbocycles. The number of aliphatic hydroxyl groups is 3. The molecule has 293 valence electrons. The number of halogens is 1. The summed E-state index contributed by atoms with van der Waals surface area (Å²) in [4.78, 5) is 55.8. The van der Waals surface area contributed by atoms with E-state index < -0.39 is 94.6 Å². The summed E-state index contributed by atoms with van der Waals surface area (Å²) < 4.78 is 34.3. The molecule has 13 heteroatoms. The van der Waals surface area contributed by atoms with E-state index in [4.69, 9.17) is 14.2 Å². The van der Waals surface area contributed by atoms with Crippen molar-refractivity contribution in [1.82, 2.24) is 5.32 Å². The van der Waals surface area contributed by atoms with Gasteiger partial charge in [0, 0.05) is 80.2 Å². The molecule has 10 atom stereocenters. The number of benzene rings is 3. The molecule has 7 rings (SSSR count). The number of ether oxygens (including phenoxy) is 3. The van der Waals surface area contributed by atoms with Crippen molar-refractivity contribution >= 4 is 23.6 Å². The van der Waals surface area contributed by atoms with Crippen LogP contribution in [-0.4, -0.2) is 87.3 Å². The van der Waals surface area contributed by atoms with Crippen molar-refractivity contribution in [3.63, 3.8) is 0 Å². The number of fused-ring (bicyclic) bond motifs is 5. The number of hydrogen-bond donors (Lipinski definition) is 4. The van der Waals surface area contributed by atoms with E-state index in [1.54, 1.807) is 99.6 Å². The molecule has 9 unspecified atom stereocenters. The molecule has 1 aliphatic heterocycles. The van der Waals surface area contributed by atoms with Crippen LogP contribution in [0.25, 0.3) is 0 Å². The van der Waals surface area contributed by atoms with Crippen LogP contribution >= 0.6 is 0 Å². The molecule has 4 aliphatic rings. The van der Waals surface area contributed by atoms with Gasteiger partial charge in [-0.1, -0.05) is 86.2 Å². The van der Waals surface area contributed by atoms with Crippen LogP contribution < -0.4 is 5.32 Å². The fraction of sp³-hybridized carbons (Fsp3) is 0.442. The van der Waals surface area contributed by atoms with Crippen LogP contribution in [0.4, 0.5) is 4.39 Å². The third kappa shape index (κ3) is 6.90. The Balaban J connectivity index is 0.00000532. The summed E-state index contributed by atoms with van der Waals surface area (Å²) in [5, 5.41) is 39.8. The van der Waals surface area contributed by atoms with Crippen LogP contribution in [0.3, 0.4) is 0 Å². The Kier molecular flexibility index (Phi) is 11.9. The zero-order chi connectivity index (χ0) is 39.5. The third-order valence-electron chi connectivity index (χ3n) is 12.9. The molecular formula is C43H46AcFNO10. The molecule has 3 fully saturated rings. The second kappa shape index (κ2) is 15.8. The van der Waals surface area contributed by atoms with Crippen molar-refractivity contribution in [2.45, 2.75) is 94.8 Å². The number of hydrogen-bond acceptors (Lipinski definition) is 10. The molecule has 1 heterocycles. The van der Waals surface area contributed by atoms with Crippen molar-refractivity contribution < 1.29 is 97.2 Å². The van der Waals surface area contributed by atoms with Gasteiger partial charge in [0.05, 0.1) is 29.7 Å². The number of Topliss-reactive ketones (excluding diaryl/α,β-unsaturated/α-hetero) is 1. The van der Waals surface area contributed by atoms with Crippen molar-refractivity contribution in [3.8, 4) is 0 Å². The smallest absolute Gasteiger partial charge is 0.338 e. The van der Waals surface area contributed by atoms with Gasteiger partial charge in [0.2, 0.25) is 0 Å². The van der Waals surface area contributed by atoms with Crippen molar-refractivity contribution in [2.75, 3.05) is 6.61 Å². The van der Waals surface area contributed by atoms with E-state index in [2.05, 4.69) is 5.32 Å². The number of ketones is 1. The first-order valence-electron chi connectivity index (χ1n) is 18.5. The van der Waals surface area contributed by atoms with E-state index in [-0.39, 0.29) is 69.1 Å². The van der Waals surface area contributed by atoms with Gasteiger partial charge in [0.25, 0.3) is 5.91 Å². The minimum absolute atomic E-state index is 0. The average Bonchev–Trinajstić information content (AvgIpc) is 3.18. The predicted octanol–water partition coefficient (Wildman–Crippen LogP) is 4.60. The molecule has 1 radical (unpaired) electrons. The summed E-state index contributed by atoms with van der Waals surface area (Å²) in [5.41, 5.74) is -5.70. The van der Waals surface area contributed by atoms with Gasteiger partial charge in [-0.25, -0.2) is 14.0 Å². The summed E-state index contributed by atoms with van der Waals surface area (Å²) >= 11 is 0. The molecule has 3 aromatic carbocycles. The van der Waals surface area contributed by atoms with Gasteiger partial charge in [-0.2, -0.15) is 0 Å². The summed E-state index contributed by atoms with van der Waals surface area (Å²) in [6.45, 7) is 6.13. The van der Waals surface area contributed by atoms with Crippen LogP contribution in [0.2, 0.25) is 0 Å². The largest absolute Gasteiger partial charge is 0.456 e. The number of aliphatic hydroxyl groups excluding tert-OH is 1. The second-order valence-corrected chi connectivity index (χ2v) is 16.1. The van der Waals surface area contributed by atoms with E-state index >= 15 is 4.39 Å². The minimum Gasteiger partial charge on any atom is -0.456 e. The summed E-state index contributed by atoms with van der Waals surface area (Å²) in [7, 11) is 0. The first-order valence-corrected chi connectivity index (χ1v) is 18.5. The van der Waals surface area contributed by atoms with E-state index in [0.29, 0.717) is 22.3 Å². The molecule has 3 aromatic rings. The molecule has 1 amide bonds. The van der Waals surface area contributed by atoms with Crippen molar-refractivity contribution in [2.24, 2.45) is 16.7 Å². The van der Waals surface area contributed by atoms with Crippen LogP contribution in [0.15, 0.2) is 102 Å². The van der Waals surface area contributed by atoms with Gasteiger partial charge in [0.15, 0.2) is 6.10 Å². The Labute approximate surface area is 360 Å². The number of alkyl halides is 1. The Morgan fingerprint density at radius 2 is 1.46 bits per heavy atom. The molecule has 1 saturated heterocycles. The molecule has 4 N–H and O–H groups in total. The predicted molar refractivity (Wildman–Crippen MR) is 196 cm³/mol. The van der Waals surface area contributed by atoms with E-state index in [9.17, 15) is 34.5 Å². The summed E-state index contributed by atoms with van der Waals surface area (Å²) in [6, 6.07) is 23.4. The summed E-state index contributed by atoms with van der Waals surface area (Å²) in [5.74, 6) is -4.59. The average molecular weight is 983 g/mol. The standard InChI is InChI=1S/C43H46FNO10.Ac/c1-24-28-20-31(46)41(4)30(44)21-32-42(51,23-53-32)35(41)36(55-38(49)27-18-12-7-13-19-27)43(52,40(28,2)3)22-29(24)54-39(50)34(47)33(25-14-8-5-9-15-25)45-37(48)26-16-10-6-11-17-26;/h5-19,29-30,32-36,47,51-52H,20-23H2,1-4H3,(H,45,48);/t29?,30?,32?,33?,34?,35?,36?,41-,42?,43?;/m0./s1. The monoisotopic (exact) mass is 982 g/mol. The number of carbonyl (C=O) groups is 4. The number of nitrogens with one attached hydrogen (secondary N) is 1. The molecule has 0 spiro atoms. The number of rotatable bonds is 8. The first-order chi connectivity index (χ1) is 26.0. The molecule has 2 saturated carbocycles. The van der Waals surface area contributed by atoms with Gasteiger partial charge in [-0.15, -0.1) is 0 Å². The third-order valence-corrected chi connectivity index (χ3v) is 12.9. The van der Waals surface area contributed by atoms with Crippen LogP contribution in [-0.2, 0) is 23.8 Å². The maximum atomic E-state index is 16.5. The zero-order valence-electron chi connectivity index (χ0n) is 31.7. The Morgan fingerprint density at radius 1 is 0.893 bits per heavy atom. The van der Waals surface area contributed by atoms with Crippen molar-refractivity contribution in [3.05, 3.63) is 119 Å². The molecule has 0 aromatic heterocycles. The van der Waals surface area contributed by atoms with Crippen LogP contribution in [0.5, 0.6) is 0 Å². The van der Waals surface area contributed by atoms with Gasteiger partial charge in [-0.05, 0) is 49.2 Å². The Bertz CT molecular complexity index is 2010. The molecular weight excluding hydrogens is 936 g/mol. The normalized spacial score (nSPS) is 32.7. The quantitative estimate of drug-likeness (QED) is 0.185. The molecule has 11 nitrogen and oxygen atoms in total. The van der Waals surface area contributed by atoms with E-state index in [1.807, 2.05) is 0 Å². The second-order valence-electron chi connectivity index (χ2n) is 16.1. The van der Waals surface area contributed by atoms with Gasteiger partial charge in [0.1, 0.15) is 35.4 Å². The van der Waals surface area contributed by atoms with Crippen molar-refractivity contribution in [1.29, 1.82) is 0 Å². The Morgan fingerprint density at radius 3 is 2.04 bits per heavy atom. The number of esters is 2. The summed E-state index contributed by atoms with van der Waals surface area (Å²) in [6.07, 6.45) is -8.80. The van der Waals surface area contributed by atoms with Gasteiger partial charge in [-0.3, -0.25) is 9.59 Å². The van der Waals surface area contributed by atoms with Gasteiger partial charge < -0.3 is 34.8 Å². The molecule has 56 heavy (non-hydrogen) atoms. The SMILES string of the molecule is CC1=C2CC(=O)[C@]3(C)C(F)CC4OCC4(O)C3C(OC(=O)c3ccccc3)C(O)(CC1OC(=O)C(O)C(NC(=O)c1ccccc1)c1ccccc1)C2(C)C.[Ac]. The first kappa shape index (κ1) is 42.3. The van der Waals surface area contributed by atoms with Crippen LogP contribution in [0.1, 0.15) is 79.3 Å². The fourth-order valence-corrected chi connectivity index (χ4v) is 9.32. The topological polar surface area (TPSA) is 169 Å². The Hall–Kier alpha value is -3.31. The molecule has 2 bridgehead atoms. The van der Waals surface area contributed by atoms with Crippen LogP contribution in [0, 0.1) is 60.8 Å². The minimum atomic E-state index is -2.18. The number of carbonyl (C=O) groups excluding carboxylic acids is 4.